The van der Waals surface area contributed by atoms with E-state index in [9.17, 15) is 9.90 Å². The Morgan fingerprint density at radius 1 is 0.966 bits per heavy atom. The largest absolute Gasteiger partial charge is 0.375 e. The van der Waals surface area contributed by atoms with E-state index < -0.39 is 5.60 Å². The van der Waals surface area contributed by atoms with E-state index in [0.717, 1.165) is 50.9 Å². The van der Waals surface area contributed by atoms with Crippen molar-refractivity contribution in [2.45, 2.75) is 43.9 Å². The van der Waals surface area contributed by atoms with Crippen LogP contribution < -0.4 is 5.32 Å². The fraction of sp³-hybridized carbons (Fsp3) is 0.480. The smallest absolute Gasteiger partial charge is 0.259 e. The predicted molar refractivity (Wildman–Crippen MR) is 113 cm³/mol. The van der Waals surface area contributed by atoms with Crippen LogP contribution in [-0.2, 0) is 16.9 Å². The number of benzene rings is 2. The Balaban J connectivity index is 1.25. The maximum atomic E-state index is 13.6. The zero-order valence-corrected chi connectivity index (χ0v) is 16.8. The average Bonchev–Trinajstić information content (AvgIpc) is 3.19. The lowest BCUT2D eigenvalue weighted by Gasteiger charge is -2.37. The number of likely N-dealkylation sites (tertiary alicyclic amines) is 1. The molecule has 1 saturated heterocycles. The summed E-state index contributed by atoms with van der Waals surface area (Å²) >= 11 is 0. The standard InChI is InChI=1S/C25H30N2O2/c28-24(25(29,20-13-7-8-14-20)19-11-5-2-6-12-19)27-16-21-22(17-27)23(21)26-15-18-9-3-1-4-10-18/h1-6,9-12,20-23,26,29H,7-8,13-17H2. The molecule has 2 aromatic rings. The molecular weight excluding hydrogens is 360 g/mol. The second-order valence-corrected chi connectivity index (χ2v) is 9.04. The summed E-state index contributed by atoms with van der Waals surface area (Å²) < 4.78 is 0. The maximum Gasteiger partial charge on any atom is 0.259 e. The Labute approximate surface area is 172 Å². The van der Waals surface area contributed by atoms with E-state index in [4.69, 9.17) is 0 Å². The van der Waals surface area contributed by atoms with Crippen molar-refractivity contribution < 1.29 is 9.90 Å². The second-order valence-electron chi connectivity index (χ2n) is 9.04. The van der Waals surface area contributed by atoms with Gasteiger partial charge in [-0.15, -0.1) is 0 Å². The van der Waals surface area contributed by atoms with E-state index in [-0.39, 0.29) is 11.8 Å². The van der Waals surface area contributed by atoms with Crippen LogP contribution in [0.25, 0.3) is 0 Å². The fourth-order valence-electron chi connectivity index (χ4n) is 5.64. The molecule has 0 spiro atoms. The van der Waals surface area contributed by atoms with Gasteiger partial charge in [0.05, 0.1) is 0 Å². The Kier molecular flexibility index (Phi) is 4.92. The summed E-state index contributed by atoms with van der Waals surface area (Å²) in [5.41, 5.74) is 0.683. The fourth-order valence-corrected chi connectivity index (χ4v) is 5.64. The molecule has 0 radical (unpaired) electrons. The molecule has 29 heavy (non-hydrogen) atoms. The van der Waals surface area contributed by atoms with Gasteiger partial charge in [-0.05, 0) is 35.8 Å². The van der Waals surface area contributed by atoms with Crippen LogP contribution in [-0.4, -0.2) is 35.0 Å². The summed E-state index contributed by atoms with van der Waals surface area (Å²) in [7, 11) is 0. The highest BCUT2D eigenvalue weighted by Gasteiger charge is 2.59. The quantitative estimate of drug-likeness (QED) is 0.796. The van der Waals surface area contributed by atoms with Gasteiger partial charge in [-0.3, -0.25) is 4.79 Å². The number of rotatable bonds is 6. The Morgan fingerprint density at radius 2 is 1.55 bits per heavy atom. The third-order valence-electron chi connectivity index (χ3n) is 7.35. The van der Waals surface area contributed by atoms with Gasteiger partial charge in [0.15, 0.2) is 5.60 Å². The zero-order valence-electron chi connectivity index (χ0n) is 16.8. The first-order chi connectivity index (χ1) is 14.2. The van der Waals surface area contributed by atoms with E-state index in [0.29, 0.717) is 17.9 Å². The van der Waals surface area contributed by atoms with Crippen molar-refractivity contribution in [1.29, 1.82) is 0 Å². The van der Waals surface area contributed by atoms with Crippen molar-refractivity contribution in [3.05, 3.63) is 71.8 Å². The van der Waals surface area contributed by atoms with Gasteiger partial charge in [0.1, 0.15) is 0 Å². The summed E-state index contributed by atoms with van der Waals surface area (Å²) in [6.45, 7) is 2.40. The van der Waals surface area contributed by atoms with E-state index in [2.05, 4.69) is 29.6 Å². The van der Waals surface area contributed by atoms with Gasteiger partial charge in [0.2, 0.25) is 0 Å². The van der Waals surface area contributed by atoms with E-state index >= 15 is 0 Å². The minimum absolute atomic E-state index is 0.0290. The molecule has 0 aromatic heterocycles. The van der Waals surface area contributed by atoms with Crippen LogP contribution >= 0.6 is 0 Å². The van der Waals surface area contributed by atoms with Crippen molar-refractivity contribution in [2.24, 2.45) is 17.8 Å². The lowest BCUT2D eigenvalue weighted by Crippen LogP contribution is -2.51. The van der Waals surface area contributed by atoms with Crippen molar-refractivity contribution >= 4 is 5.91 Å². The van der Waals surface area contributed by atoms with Gasteiger partial charge in [-0.25, -0.2) is 0 Å². The molecule has 152 valence electrons. The third kappa shape index (κ3) is 3.38. The number of nitrogens with one attached hydrogen (secondary N) is 1. The number of piperidine rings is 1. The van der Waals surface area contributed by atoms with Crippen LogP contribution in [0.15, 0.2) is 60.7 Å². The minimum Gasteiger partial charge on any atom is -0.375 e. The van der Waals surface area contributed by atoms with Crippen LogP contribution in [0, 0.1) is 17.8 Å². The molecule has 2 aliphatic carbocycles. The van der Waals surface area contributed by atoms with Crippen LogP contribution in [0.5, 0.6) is 0 Å². The Morgan fingerprint density at radius 3 is 2.17 bits per heavy atom. The lowest BCUT2D eigenvalue weighted by atomic mass is 9.79. The highest BCUT2D eigenvalue weighted by Crippen LogP contribution is 2.48. The molecule has 4 heteroatoms. The summed E-state index contributed by atoms with van der Waals surface area (Å²) in [5, 5.41) is 15.4. The van der Waals surface area contributed by atoms with E-state index in [1.807, 2.05) is 41.3 Å². The Hall–Kier alpha value is -2.17. The molecule has 1 aliphatic heterocycles. The zero-order chi connectivity index (χ0) is 19.8. The van der Waals surface area contributed by atoms with Crippen LogP contribution in [0.4, 0.5) is 0 Å². The average molecular weight is 391 g/mol. The molecule has 3 unspecified atom stereocenters. The summed E-state index contributed by atoms with van der Waals surface area (Å²) in [5.74, 6) is 0.989. The molecule has 5 rings (SSSR count). The van der Waals surface area contributed by atoms with Gasteiger partial charge in [0, 0.05) is 31.6 Å². The third-order valence-corrected chi connectivity index (χ3v) is 7.35. The molecular formula is C25H30N2O2. The minimum atomic E-state index is -1.37. The first-order valence-electron chi connectivity index (χ1n) is 11.0. The summed E-state index contributed by atoms with van der Waals surface area (Å²) in [6, 6.07) is 20.6. The second kappa shape index (κ2) is 7.58. The molecule has 2 N–H and O–H groups in total. The molecule has 3 fully saturated rings. The number of hydrogen-bond acceptors (Lipinski definition) is 3. The van der Waals surface area contributed by atoms with Crippen molar-refractivity contribution in [3.8, 4) is 0 Å². The van der Waals surface area contributed by atoms with Gasteiger partial charge in [0.25, 0.3) is 5.91 Å². The summed E-state index contributed by atoms with van der Waals surface area (Å²) in [4.78, 5) is 15.5. The van der Waals surface area contributed by atoms with Crippen LogP contribution in [0.1, 0.15) is 36.8 Å². The van der Waals surface area contributed by atoms with Crippen molar-refractivity contribution in [2.75, 3.05) is 13.1 Å². The molecule has 3 atom stereocenters. The first-order valence-corrected chi connectivity index (χ1v) is 11.0. The predicted octanol–water partition coefficient (Wildman–Crippen LogP) is 3.31. The number of carbonyl (C=O) groups is 1. The highest BCUT2D eigenvalue weighted by atomic mass is 16.3. The molecule has 1 amide bonds. The van der Waals surface area contributed by atoms with Crippen molar-refractivity contribution in [3.63, 3.8) is 0 Å². The highest BCUT2D eigenvalue weighted by molar-refractivity contribution is 5.87. The molecule has 2 aromatic carbocycles. The van der Waals surface area contributed by atoms with Crippen LogP contribution in [0.3, 0.4) is 0 Å². The molecule has 2 saturated carbocycles. The molecule has 1 heterocycles. The monoisotopic (exact) mass is 390 g/mol. The van der Waals surface area contributed by atoms with Gasteiger partial charge >= 0.3 is 0 Å². The number of fused-ring (bicyclic) bond motifs is 1. The molecule has 3 aliphatic rings. The SMILES string of the molecule is O=C(N1CC2C(C1)C2NCc1ccccc1)C(O)(c1ccccc1)C1CCCC1. The lowest BCUT2D eigenvalue weighted by molar-refractivity contribution is -0.158. The number of nitrogens with zero attached hydrogens (tertiary/aromatic N) is 1. The number of carbonyl (C=O) groups excluding carboxylic acids is 1. The Bertz CT molecular complexity index is 838. The van der Waals surface area contributed by atoms with Gasteiger partial charge < -0.3 is 15.3 Å². The summed E-state index contributed by atoms with van der Waals surface area (Å²) in [6.07, 6.45) is 4.06. The van der Waals surface area contributed by atoms with E-state index in [1.165, 1.54) is 5.56 Å². The molecule has 4 nitrogen and oxygen atoms in total. The van der Waals surface area contributed by atoms with Crippen LogP contribution in [0.2, 0.25) is 0 Å². The maximum absolute atomic E-state index is 13.6. The number of aliphatic hydroxyl groups is 1. The van der Waals surface area contributed by atoms with E-state index in [1.54, 1.807) is 0 Å². The normalized spacial score (nSPS) is 28.2. The topological polar surface area (TPSA) is 52.6 Å². The number of hydrogen-bond donors (Lipinski definition) is 2. The van der Waals surface area contributed by atoms with Gasteiger partial charge in [-0.1, -0.05) is 73.5 Å². The first kappa shape index (κ1) is 18.8. The van der Waals surface area contributed by atoms with Crippen molar-refractivity contribution in [1.82, 2.24) is 10.2 Å². The number of amides is 1. The molecule has 0 bridgehead atoms. The van der Waals surface area contributed by atoms with Gasteiger partial charge in [-0.2, -0.15) is 0 Å².